The Morgan fingerprint density at radius 1 is 1.23 bits per heavy atom. The van der Waals surface area contributed by atoms with E-state index in [1.165, 1.54) is 24.3 Å². The van der Waals surface area contributed by atoms with Crippen LogP contribution in [0.25, 0.3) is 0 Å². The Hall–Kier alpha value is -1.96. The van der Waals surface area contributed by atoms with E-state index in [1.54, 1.807) is 19.1 Å². The van der Waals surface area contributed by atoms with Gasteiger partial charge in [0.15, 0.2) is 0 Å². The number of amides is 1. The van der Waals surface area contributed by atoms with E-state index >= 15 is 0 Å². The lowest BCUT2D eigenvalue weighted by molar-refractivity contribution is 0.102. The van der Waals surface area contributed by atoms with E-state index < -0.39 is 21.7 Å². The van der Waals surface area contributed by atoms with E-state index in [2.05, 4.69) is 10.0 Å². The molecule has 8 heteroatoms. The molecular formula is C18H20ClFN2O3S. The van der Waals surface area contributed by atoms with Gasteiger partial charge in [-0.1, -0.05) is 31.0 Å². The van der Waals surface area contributed by atoms with Crippen LogP contribution in [0, 0.1) is 5.82 Å². The van der Waals surface area contributed by atoms with Gasteiger partial charge < -0.3 is 5.32 Å². The Balaban J connectivity index is 2.18. The van der Waals surface area contributed by atoms with Gasteiger partial charge in [0, 0.05) is 16.6 Å². The molecule has 0 bridgehead atoms. The molecule has 0 fully saturated rings. The third-order valence-corrected chi connectivity index (χ3v) is 5.49. The third-order valence-electron chi connectivity index (χ3n) is 3.66. The monoisotopic (exact) mass is 398 g/mol. The fraction of sp³-hybridized carbons (Fsp3) is 0.278. The zero-order chi connectivity index (χ0) is 19.3. The van der Waals surface area contributed by atoms with E-state index in [0.717, 1.165) is 12.5 Å². The Morgan fingerprint density at radius 2 is 1.96 bits per heavy atom. The molecule has 0 spiro atoms. The van der Waals surface area contributed by atoms with Crippen LogP contribution >= 0.6 is 11.6 Å². The van der Waals surface area contributed by atoms with Crippen LogP contribution < -0.4 is 10.0 Å². The maximum atomic E-state index is 14.3. The highest BCUT2D eigenvalue weighted by Crippen LogP contribution is 2.21. The molecule has 2 N–H and O–H groups in total. The van der Waals surface area contributed by atoms with E-state index in [4.69, 9.17) is 11.6 Å². The quantitative estimate of drug-likeness (QED) is 0.734. The van der Waals surface area contributed by atoms with Crippen molar-refractivity contribution in [2.45, 2.75) is 37.6 Å². The molecule has 2 aromatic rings. The van der Waals surface area contributed by atoms with Crippen LogP contribution in [-0.4, -0.2) is 20.4 Å². The molecule has 0 aliphatic rings. The number of halogens is 2. The highest BCUT2D eigenvalue weighted by Gasteiger charge is 2.19. The number of benzene rings is 2. The SMILES string of the molecule is CCC[C@@H](C)NS(=O)(=O)c1ccc(NC(=O)c2cccc(Cl)c2)c(F)c1. The second-order valence-electron chi connectivity index (χ2n) is 5.92. The maximum Gasteiger partial charge on any atom is 0.255 e. The summed E-state index contributed by atoms with van der Waals surface area (Å²) in [5.74, 6) is -1.39. The average molecular weight is 399 g/mol. The molecule has 0 aliphatic heterocycles. The summed E-state index contributed by atoms with van der Waals surface area (Å²) in [4.78, 5) is 12.0. The van der Waals surface area contributed by atoms with Gasteiger partial charge in [0.2, 0.25) is 10.0 Å². The van der Waals surface area contributed by atoms with Crippen molar-refractivity contribution < 1.29 is 17.6 Å². The van der Waals surface area contributed by atoms with Gasteiger partial charge in [0.1, 0.15) is 5.82 Å². The molecule has 0 saturated heterocycles. The van der Waals surface area contributed by atoms with Gasteiger partial charge in [0.05, 0.1) is 10.6 Å². The number of nitrogens with one attached hydrogen (secondary N) is 2. The van der Waals surface area contributed by atoms with Gasteiger partial charge in [-0.2, -0.15) is 0 Å². The van der Waals surface area contributed by atoms with E-state index in [9.17, 15) is 17.6 Å². The van der Waals surface area contributed by atoms with E-state index in [1.807, 2.05) is 6.92 Å². The van der Waals surface area contributed by atoms with Crippen LogP contribution in [-0.2, 0) is 10.0 Å². The fourth-order valence-corrected chi connectivity index (χ4v) is 3.89. The minimum absolute atomic E-state index is 0.115. The minimum Gasteiger partial charge on any atom is -0.319 e. The first kappa shape index (κ1) is 20.4. The summed E-state index contributed by atoms with van der Waals surface area (Å²) in [6.07, 6.45) is 1.50. The molecule has 1 atom stereocenters. The van der Waals surface area contributed by atoms with Crippen molar-refractivity contribution in [3.05, 3.63) is 58.9 Å². The average Bonchev–Trinajstić information content (AvgIpc) is 2.56. The van der Waals surface area contributed by atoms with Crippen molar-refractivity contribution in [1.29, 1.82) is 0 Å². The molecule has 0 aliphatic carbocycles. The van der Waals surface area contributed by atoms with Gasteiger partial charge in [0.25, 0.3) is 5.91 Å². The van der Waals surface area contributed by atoms with Crippen molar-refractivity contribution in [3.63, 3.8) is 0 Å². The van der Waals surface area contributed by atoms with Crippen LogP contribution in [0.1, 0.15) is 37.0 Å². The van der Waals surface area contributed by atoms with Crippen LogP contribution in [0.3, 0.4) is 0 Å². The summed E-state index contributed by atoms with van der Waals surface area (Å²) >= 11 is 5.83. The standard InChI is InChI=1S/C18H20ClFN2O3S/c1-3-5-12(2)22-26(24,25)15-8-9-17(16(20)11-15)21-18(23)13-6-4-7-14(19)10-13/h4,6-12,22H,3,5H2,1-2H3,(H,21,23)/t12-/m1/s1. The summed E-state index contributed by atoms with van der Waals surface area (Å²) in [6, 6.07) is 9.31. The highest BCUT2D eigenvalue weighted by molar-refractivity contribution is 7.89. The first-order valence-electron chi connectivity index (χ1n) is 8.11. The van der Waals surface area contributed by atoms with Crippen molar-refractivity contribution >= 4 is 33.2 Å². The van der Waals surface area contributed by atoms with Gasteiger partial charge in [-0.05, 0) is 49.7 Å². The molecule has 0 unspecified atom stereocenters. The number of carbonyl (C=O) groups excluding carboxylic acids is 1. The number of anilines is 1. The normalized spacial score (nSPS) is 12.6. The Labute approximate surface area is 157 Å². The van der Waals surface area contributed by atoms with Crippen LogP contribution in [0.4, 0.5) is 10.1 Å². The van der Waals surface area contributed by atoms with Gasteiger partial charge in [-0.15, -0.1) is 0 Å². The Kier molecular flexibility index (Phi) is 6.75. The molecule has 26 heavy (non-hydrogen) atoms. The Morgan fingerprint density at radius 3 is 2.58 bits per heavy atom. The second kappa shape index (κ2) is 8.62. The zero-order valence-corrected chi connectivity index (χ0v) is 16.0. The zero-order valence-electron chi connectivity index (χ0n) is 14.4. The number of carbonyl (C=O) groups is 1. The summed E-state index contributed by atoms with van der Waals surface area (Å²) in [7, 11) is -3.83. The maximum absolute atomic E-state index is 14.3. The minimum atomic E-state index is -3.83. The van der Waals surface area contributed by atoms with Gasteiger partial charge in [-0.3, -0.25) is 4.79 Å². The Bertz CT molecular complexity index is 903. The molecule has 5 nitrogen and oxygen atoms in total. The second-order valence-corrected chi connectivity index (χ2v) is 8.07. The first-order valence-corrected chi connectivity index (χ1v) is 9.98. The lowest BCUT2D eigenvalue weighted by Crippen LogP contribution is -2.32. The van der Waals surface area contributed by atoms with E-state index in [0.29, 0.717) is 11.4 Å². The molecular weight excluding hydrogens is 379 g/mol. The molecule has 0 aromatic heterocycles. The molecule has 1 amide bonds. The third kappa shape index (κ3) is 5.27. The van der Waals surface area contributed by atoms with Crippen LogP contribution in [0.2, 0.25) is 5.02 Å². The predicted molar refractivity (Wildman–Crippen MR) is 100 cm³/mol. The van der Waals surface area contributed by atoms with Crippen LogP contribution in [0.5, 0.6) is 0 Å². The van der Waals surface area contributed by atoms with Gasteiger partial charge >= 0.3 is 0 Å². The topological polar surface area (TPSA) is 75.3 Å². The van der Waals surface area contributed by atoms with Crippen molar-refractivity contribution in [3.8, 4) is 0 Å². The number of hydrogen-bond donors (Lipinski definition) is 2. The largest absolute Gasteiger partial charge is 0.319 e. The lowest BCUT2D eigenvalue weighted by atomic mass is 10.2. The highest BCUT2D eigenvalue weighted by atomic mass is 35.5. The molecule has 2 rings (SSSR count). The molecule has 0 saturated carbocycles. The van der Waals surface area contributed by atoms with Crippen molar-refractivity contribution in [2.24, 2.45) is 0 Å². The number of rotatable bonds is 7. The summed E-state index contributed by atoms with van der Waals surface area (Å²) in [5, 5.41) is 2.79. The van der Waals surface area contributed by atoms with E-state index in [-0.39, 0.29) is 22.2 Å². The van der Waals surface area contributed by atoms with Crippen molar-refractivity contribution in [1.82, 2.24) is 4.72 Å². The molecule has 0 heterocycles. The lowest BCUT2D eigenvalue weighted by Gasteiger charge is -2.14. The summed E-state index contributed by atoms with van der Waals surface area (Å²) in [5.41, 5.74) is 0.152. The first-order chi connectivity index (χ1) is 12.2. The summed E-state index contributed by atoms with van der Waals surface area (Å²) in [6.45, 7) is 3.69. The molecule has 140 valence electrons. The number of hydrogen-bond acceptors (Lipinski definition) is 3. The number of sulfonamides is 1. The fourth-order valence-electron chi connectivity index (χ4n) is 2.41. The predicted octanol–water partition coefficient (Wildman–Crippen LogP) is 4.20. The molecule has 0 radical (unpaired) electrons. The smallest absolute Gasteiger partial charge is 0.255 e. The molecule has 2 aromatic carbocycles. The van der Waals surface area contributed by atoms with Gasteiger partial charge in [-0.25, -0.2) is 17.5 Å². The summed E-state index contributed by atoms with van der Waals surface area (Å²) < 4.78 is 41.3. The van der Waals surface area contributed by atoms with Crippen LogP contribution in [0.15, 0.2) is 47.4 Å². The van der Waals surface area contributed by atoms with Crippen molar-refractivity contribution in [2.75, 3.05) is 5.32 Å².